The molecule has 50 valence electrons. The van der Waals surface area contributed by atoms with Gasteiger partial charge in [0.15, 0.2) is 5.78 Å². The lowest BCUT2D eigenvalue weighted by molar-refractivity contribution is -0.122. The predicted octanol–water partition coefficient (Wildman–Crippen LogP) is 0.457. The summed E-state index contributed by atoms with van der Waals surface area (Å²) in [5.74, 6) is 0.694. The third kappa shape index (κ3) is 0.778. The van der Waals surface area contributed by atoms with Gasteiger partial charge >= 0.3 is 0 Å². The Morgan fingerprint density at radius 3 is 2.33 bits per heavy atom. The van der Waals surface area contributed by atoms with Crippen LogP contribution in [0.25, 0.3) is 0 Å². The monoisotopic (exact) mass is 125 g/mol. The van der Waals surface area contributed by atoms with Crippen molar-refractivity contribution in [2.24, 2.45) is 11.7 Å². The number of rotatable bonds is 2. The summed E-state index contributed by atoms with van der Waals surface area (Å²) in [6.45, 7) is 0. The second-order valence-corrected chi connectivity index (χ2v) is 3.29. The Kier molecular flexibility index (Phi) is 0.826. The summed E-state index contributed by atoms with van der Waals surface area (Å²) < 4.78 is 0. The fourth-order valence-corrected chi connectivity index (χ4v) is 1.13. The Labute approximate surface area is 54.4 Å². The molecule has 0 bridgehead atoms. The minimum atomic E-state index is -0.346. The number of Topliss-reactive ketones (excluding diaryl/α,β-unsaturated/α-hetero) is 1. The van der Waals surface area contributed by atoms with E-state index < -0.39 is 0 Å². The van der Waals surface area contributed by atoms with Crippen molar-refractivity contribution >= 4 is 5.78 Å². The number of ketones is 1. The zero-order valence-electron chi connectivity index (χ0n) is 5.39. The third-order valence-electron chi connectivity index (χ3n) is 2.23. The van der Waals surface area contributed by atoms with Gasteiger partial charge in [0.05, 0.1) is 5.54 Å². The average Bonchev–Trinajstić information content (AvgIpc) is 2.54. The van der Waals surface area contributed by atoms with Crippen LogP contribution in [0.3, 0.4) is 0 Å². The van der Waals surface area contributed by atoms with E-state index >= 15 is 0 Å². The Hall–Kier alpha value is -0.370. The summed E-state index contributed by atoms with van der Waals surface area (Å²) in [4.78, 5) is 11.2. The topological polar surface area (TPSA) is 43.1 Å². The lowest BCUT2D eigenvalue weighted by Crippen LogP contribution is -2.33. The van der Waals surface area contributed by atoms with Crippen molar-refractivity contribution in [3.63, 3.8) is 0 Å². The van der Waals surface area contributed by atoms with Crippen molar-refractivity contribution in [2.45, 2.75) is 31.2 Å². The van der Waals surface area contributed by atoms with Gasteiger partial charge in [-0.25, -0.2) is 0 Å². The van der Waals surface area contributed by atoms with Gasteiger partial charge in [0, 0.05) is 5.92 Å². The summed E-state index contributed by atoms with van der Waals surface area (Å²) in [7, 11) is 0. The lowest BCUT2D eigenvalue weighted by Gasteiger charge is -2.03. The molecule has 2 fully saturated rings. The van der Waals surface area contributed by atoms with Crippen LogP contribution in [-0.4, -0.2) is 11.3 Å². The van der Waals surface area contributed by atoms with Gasteiger partial charge in [-0.1, -0.05) is 0 Å². The van der Waals surface area contributed by atoms with E-state index in [4.69, 9.17) is 5.73 Å². The maximum Gasteiger partial charge on any atom is 0.155 e. The molecule has 2 rings (SSSR count). The molecule has 0 atom stereocenters. The number of hydrogen-bond acceptors (Lipinski definition) is 2. The number of nitrogens with two attached hydrogens (primary N) is 1. The van der Waals surface area contributed by atoms with Crippen LogP contribution in [0, 0.1) is 5.92 Å². The molecule has 0 radical (unpaired) electrons. The van der Waals surface area contributed by atoms with Crippen LogP contribution in [-0.2, 0) is 4.79 Å². The summed E-state index contributed by atoms with van der Waals surface area (Å²) >= 11 is 0. The van der Waals surface area contributed by atoms with E-state index in [1.165, 1.54) is 0 Å². The van der Waals surface area contributed by atoms with E-state index in [2.05, 4.69) is 0 Å². The van der Waals surface area contributed by atoms with Crippen LogP contribution in [0.4, 0.5) is 0 Å². The molecule has 2 nitrogen and oxygen atoms in total. The maximum absolute atomic E-state index is 11.2. The molecule has 2 aliphatic rings. The highest BCUT2D eigenvalue weighted by Gasteiger charge is 2.50. The number of carbonyl (C=O) groups is 1. The first-order valence-corrected chi connectivity index (χ1v) is 3.56. The SMILES string of the molecule is NC1(C(=O)C2CC2)CC1. The van der Waals surface area contributed by atoms with Gasteiger partial charge in [0.1, 0.15) is 0 Å². The lowest BCUT2D eigenvalue weighted by atomic mass is 10.1. The Bertz CT molecular complexity index is 156. The minimum absolute atomic E-state index is 0.336. The molecule has 0 spiro atoms. The van der Waals surface area contributed by atoms with Gasteiger partial charge < -0.3 is 5.73 Å². The van der Waals surface area contributed by atoms with Gasteiger partial charge in [-0.15, -0.1) is 0 Å². The summed E-state index contributed by atoms with van der Waals surface area (Å²) in [5, 5.41) is 0. The van der Waals surface area contributed by atoms with Crippen LogP contribution in [0.2, 0.25) is 0 Å². The molecule has 0 saturated heterocycles. The van der Waals surface area contributed by atoms with Crippen LogP contribution in [0.1, 0.15) is 25.7 Å². The first kappa shape index (κ1) is 5.42. The molecule has 2 aliphatic carbocycles. The quantitative estimate of drug-likeness (QED) is 0.582. The second kappa shape index (κ2) is 1.37. The second-order valence-electron chi connectivity index (χ2n) is 3.29. The molecule has 9 heavy (non-hydrogen) atoms. The molecule has 2 heteroatoms. The van der Waals surface area contributed by atoms with E-state index in [1.54, 1.807) is 0 Å². The van der Waals surface area contributed by atoms with E-state index in [9.17, 15) is 4.79 Å². The normalized spacial score (nSPS) is 29.9. The predicted molar refractivity (Wildman–Crippen MR) is 33.9 cm³/mol. The zero-order chi connectivity index (χ0) is 6.48. The zero-order valence-corrected chi connectivity index (χ0v) is 5.39. The number of hydrogen-bond donors (Lipinski definition) is 1. The molecule has 2 saturated carbocycles. The number of carbonyl (C=O) groups excluding carboxylic acids is 1. The van der Waals surface area contributed by atoms with Crippen molar-refractivity contribution in [3.05, 3.63) is 0 Å². The Morgan fingerprint density at radius 2 is 2.00 bits per heavy atom. The van der Waals surface area contributed by atoms with Crippen LogP contribution < -0.4 is 5.73 Å². The van der Waals surface area contributed by atoms with E-state index in [-0.39, 0.29) is 5.54 Å². The van der Waals surface area contributed by atoms with Crippen LogP contribution >= 0.6 is 0 Å². The van der Waals surface area contributed by atoms with Crippen LogP contribution in [0.5, 0.6) is 0 Å². The molecule has 0 aromatic rings. The highest BCUT2D eigenvalue weighted by Crippen LogP contribution is 2.42. The van der Waals surface area contributed by atoms with Gasteiger partial charge in [-0.05, 0) is 25.7 Å². The van der Waals surface area contributed by atoms with Crippen molar-refractivity contribution < 1.29 is 4.79 Å². The molecule has 0 unspecified atom stereocenters. The fraction of sp³-hybridized carbons (Fsp3) is 0.857. The van der Waals surface area contributed by atoms with Gasteiger partial charge in [-0.3, -0.25) is 4.79 Å². The van der Waals surface area contributed by atoms with E-state index in [0.29, 0.717) is 11.7 Å². The highest BCUT2D eigenvalue weighted by atomic mass is 16.1. The Balaban J connectivity index is 2.03. The Morgan fingerprint density at radius 1 is 1.44 bits per heavy atom. The van der Waals surface area contributed by atoms with Crippen molar-refractivity contribution in [3.8, 4) is 0 Å². The minimum Gasteiger partial charge on any atom is -0.319 e. The molecular weight excluding hydrogens is 114 g/mol. The smallest absolute Gasteiger partial charge is 0.155 e. The maximum atomic E-state index is 11.2. The molecule has 0 heterocycles. The van der Waals surface area contributed by atoms with Gasteiger partial charge in [0.2, 0.25) is 0 Å². The van der Waals surface area contributed by atoms with E-state index in [1.807, 2.05) is 0 Å². The van der Waals surface area contributed by atoms with Crippen molar-refractivity contribution in [1.82, 2.24) is 0 Å². The summed E-state index contributed by atoms with van der Waals surface area (Å²) in [5.41, 5.74) is 5.34. The third-order valence-corrected chi connectivity index (χ3v) is 2.23. The standard InChI is InChI=1S/C7H11NO/c8-7(3-4-7)6(9)5-1-2-5/h5H,1-4,8H2. The molecule has 0 aromatic heterocycles. The molecule has 0 aromatic carbocycles. The van der Waals surface area contributed by atoms with E-state index in [0.717, 1.165) is 25.7 Å². The first-order chi connectivity index (χ1) is 4.22. The highest BCUT2D eigenvalue weighted by molar-refractivity contribution is 5.94. The summed E-state index contributed by atoms with van der Waals surface area (Å²) in [6.07, 6.45) is 4.06. The van der Waals surface area contributed by atoms with Crippen molar-refractivity contribution in [2.75, 3.05) is 0 Å². The molecule has 2 N–H and O–H groups in total. The van der Waals surface area contributed by atoms with Crippen LogP contribution in [0.15, 0.2) is 0 Å². The average molecular weight is 125 g/mol. The first-order valence-electron chi connectivity index (χ1n) is 3.56. The van der Waals surface area contributed by atoms with Crippen molar-refractivity contribution in [1.29, 1.82) is 0 Å². The van der Waals surface area contributed by atoms with Gasteiger partial charge in [-0.2, -0.15) is 0 Å². The largest absolute Gasteiger partial charge is 0.319 e. The fourth-order valence-electron chi connectivity index (χ4n) is 1.13. The molecule has 0 aliphatic heterocycles. The molecular formula is C7H11NO. The summed E-state index contributed by atoms with van der Waals surface area (Å²) in [6, 6.07) is 0. The molecule has 0 amide bonds. The van der Waals surface area contributed by atoms with Gasteiger partial charge in [0.25, 0.3) is 0 Å².